The number of hydrogen-bond acceptors (Lipinski definition) is 4. The summed E-state index contributed by atoms with van der Waals surface area (Å²) in [5.41, 5.74) is 1.32. The van der Waals surface area contributed by atoms with Crippen LogP contribution in [0.4, 0.5) is 0 Å². The first-order valence-electron chi connectivity index (χ1n) is 6.83. The SMILES string of the molecule is CSC(C)(C)CNC(C)c1sc(C(C)(C)C)nc1C. The fourth-order valence-corrected chi connectivity index (χ4v) is 3.07. The number of aryl methyl sites for hydroxylation is 1. The van der Waals surface area contributed by atoms with E-state index in [1.807, 2.05) is 23.1 Å². The van der Waals surface area contributed by atoms with E-state index in [0.717, 1.165) is 6.54 Å². The zero-order valence-electron chi connectivity index (χ0n) is 13.5. The molecule has 0 aliphatic carbocycles. The lowest BCUT2D eigenvalue weighted by Gasteiger charge is -2.25. The molecule has 0 aliphatic rings. The van der Waals surface area contributed by atoms with E-state index < -0.39 is 0 Å². The monoisotopic (exact) mass is 300 g/mol. The van der Waals surface area contributed by atoms with Crippen molar-refractivity contribution in [2.24, 2.45) is 0 Å². The summed E-state index contributed by atoms with van der Waals surface area (Å²) in [4.78, 5) is 6.12. The molecule has 0 spiro atoms. The minimum absolute atomic E-state index is 0.145. The first-order chi connectivity index (χ1) is 8.57. The zero-order valence-corrected chi connectivity index (χ0v) is 15.2. The van der Waals surface area contributed by atoms with Crippen molar-refractivity contribution in [2.45, 2.75) is 64.7 Å². The van der Waals surface area contributed by atoms with E-state index in [2.05, 4.69) is 60.0 Å². The lowest BCUT2D eigenvalue weighted by atomic mass is 9.98. The molecular weight excluding hydrogens is 272 g/mol. The summed E-state index contributed by atoms with van der Waals surface area (Å²) < 4.78 is 0.277. The molecule has 2 nitrogen and oxygen atoms in total. The lowest BCUT2D eigenvalue weighted by Crippen LogP contribution is -2.33. The number of nitrogens with zero attached hydrogens (tertiary/aromatic N) is 1. The summed E-state index contributed by atoms with van der Waals surface area (Å²) in [5, 5.41) is 4.88. The van der Waals surface area contributed by atoms with E-state index in [1.165, 1.54) is 15.6 Å². The van der Waals surface area contributed by atoms with Gasteiger partial charge < -0.3 is 5.32 Å². The summed E-state index contributed by atoms with van der Waals surface area (Å²) in [5.74, 6) is 0. The van der Waals surface area contributed by atoms with Gasteiger partial charge in [-0.3, -0.25) is 0 Å². The molecule has 0 aliphatic heterocycles. The Morgan fingerprint density at radius 2 is 1.84 bits per heavy atom. The highest BCUT2D eigenvalue weighted by Crippen LogP contribution is 2.32. The minimum atomic E-state index is 0.145. The predicted octanol–water partition coefficient (Wildman–Crippen LogP) is 4.54. The fraction of sp³-hybridized carbons (Fsp3) is 0.800. The van der Waals surface area contributed by atoms with E-state index in [4.69, 9.17) is 4.98 Å². The fourth-order valence-electron chi connectivity index (χ4n) is 1.69. The highest BCUT2D eigenvalue weighted by molar-refractivity contribution is 7.99. The van der Waals surface area contributed by atoms with Gasteiger partial charge in [-0.25, -0.2) is 4.98 Å². The Hall–Kier alpha value is -0.0600. The number of nitrogens with one attached hydrogen (secondary N) is 1. The molecular formula is C15H28N2S2. The van der Waals surface area contributed by atoms with Gasteiger partial charge in [0.1, 0.15) is 0 Å². The van der Waals surface area contributed by atoms with Crippen molar-refractivity contribution in [3.8, 4) is 0 Å². The minimum Gasteiger partial charge on any atom is -0.308 e. The van der Waals surface area contributed by atoms with Gasteiger partial charge >= 0.3 is 0 Å². The average Bonchev–Trinajstić information content (AvgIpc) is 2.68. The van der Waals surface area contributed by atoms with Gasteiger partial charge in [-0.1, -0.05) is 20.8 Å². The van der Waals surface area contributed by atoms with E-state index in [-0.39, 0.29) is 10.2 Å². The van der Waals surface area contributed by atoms with Crippen LogP contribution in [-0.2, 0) is 5.41 Å². The summed E-state index contributed by atoms with van der Waals surface area (Å²) in [6.07, 6.45) is 2.17. The summed E-state index contributed by atoms with van der Waals surface area (Å²) >= 11 is 3.76. The summed E-state index contributed by atoms with van der Waals surface area (Å²) in [6.45, 7) is 16.6. The van der Waals surface area contributed by atoms with Crippen molar-refractivity contribution in [3.05, 3.63) is 15.6 Å². The first-order valence-corrected chi connectivity index (χ1v) is 8.87. The second-order valence-corrected chi connectivity index (χ2v) is 9.33. The zero-order chi connectivity index (χ0) is 14.8. The molecule has 0 saturated heterocycles. The molecule has 1 aromatic heterocycles. The Kier molecular flexibility index (Phi) is 5.50. The largest absolute Gasteiger partial charge is 0.308 e. The first kappa shape index (κ1) is 17.0. The van der Waals surface area contributed by atoms with Crippen molar-refractivity contribution < 1.29 is 0 Å². The Bertz CT molecular complexity index is 416. The number of hydrogen-bond donors (Lipinski definition) is 1. The van der Waals surface area contributed by atoms with Crippen LogP contribution in [0.3, 0.4) is 0 Å². The molecule has 1 aromatic rings. The molecule has 0 amide bonds. The molecule has 110 valence electrons. The van der Waals surface area contributed by atoms with Crippen LogP contribution < -0.4 is 5.32 Å². The van der Waals surface area contributed by atoms with Crippen LogP contribution >= 0.6 is 23.1 Å². The molecule has 1 rings (SSSR count). The Morgan fingerprint density at radius 1 is 1.26 bits per heavy atom. The summed E-state index contributed by atoms with van der Waals surface area (Å²) in [7, 11) is 0. The van der Waals surface area contributed by atoms with Crippen LogP contribution in [0.1, 0.15) is 63.2 Å². The third kappa shape index (κ3) is 4.76. The van der Waals surface area contributed by atoms with Crippen molar-refractivity contribution >= 4 is 23.1 Å². The maximum absolute atomic E-state index is 4.74. The molecule has 4 heteroatoms. The molecule has 1 N–H and O–H groups in total. The number of thioether (sulfide) groups is 1. The van der Waals surface area contributed by atoms with Gasteiger partial charge in [-0.15, -0.1) is 11.3 Å². The molecule has 0 radical (unpaired) electrons. The standard InChI is InChI=1S/C15H28N2S2/c1-10(16-9-15(6,7)18-8)12-11(2)17-13(19-12)14(3,4)5/h10,16H,9H2,1-8H3. The van der Waals surface area contributed by atoms with Crippen molar-refractivity contribution in [1.29, 1.82) is 0 Å². The van der Waals surface area contributed by atoms with Gasteiger partial charge in [0.2, 0.25) is 0 Å². The van der Waals surface area contributed by atoms with Gasteiger partial charge in [0.05, 0.1) is 10.7 Å². The van der Waals surface area contributed by atoms with Gasteiger partial charge in [0.15, 0.2) is 0 Å². The quantitative estimate of drug-likeness (QED) is 0.864. The highest BCUT2D eigenvalue weighted by Gasteiger charge is 2.23. The van der Waals surface area contributed by atoms with E-state index in [0.29, 0.717) is 6.04 Å². The summed E-state index contributed by atoms with van der Waals surface area (Å²) in [6, 6.07) is 0.375. The molecule has 0 fully saturated rings. The number of aromatic nitrogens is 1. The third-order valence-electron chi connectivity index (χ3n) is 3.25. The molecule has 1 unspecified atom stereocenters. The highest BCUT2D eigenvalue weighted by atomic mass is 32.2. The molecule has 1 atom stereocenters. The van der Waals surface area contributed by atoms with Crippen LogP contribution in [0, 0.1) is 6.92 Å². The van der Waals surface area contributed by atoms with E-state index in [1.54, 1.807) is 0 Å². The van der Waals surface area contributed by atoms with Crippen molar-refractivity contribution in [2.75, 3.05) is 12.8 Å². The molecule has 1 heterocycles. The molecule has 0 saturated carbocycles. The predicted molar refractivity (Wildman–Crippen MR) is 89.6 cm³/mol. The van der Waals surface area contributed by atoms with Gasteiger partial charge in [-0.05, 0) is 34.0 Å². The van der Waals surface area contributed by atoms with Crippen LogP contribution in [0.25, 0.3) is 0 Å². The Labute approximate surface area is 126 Å². The average molecular weight is 301 g/mol. The van der Waals surface area contributed by atoms with Crippen LogP contribution in [0.5, 0.6) is 0 Å². The smallest absolute Gasteiger partial charge is 0.0985 e. The van der Waals surface area contributed by atoms with E-state index >= 15 is 0 Å². The van der Waals surface area contributed by atoms with E-state index in [9.17, 15) is 0 Å². The number of rotatable bonds is 5. The Balaban J connectivity index is 2.78. The van der Waals surface area contributed by atoms with Crippen molar-refractivity contribution in [1.82, 2.24) is 10.3 Å². The van der Waals surface area contributed by atoms with Gasteiger partial charge in [0, 0.05) is 27.6 Å². The number of thiazole rings is 1. The van der Waals surface area contributed by atoms with Crippen LogP contribution in [-0.4, -0.2) is 22.5 Å². The topological polar surface area (TPSA) is 24.9 Å². The van der Waals surface area contributed by atoms with Crippen molar-refractivity contribution in [3.63, 3.8) is 0 Å². The molecule has 0 aromatic carbocycles. The molecule has 19 heavy (non-hydrogen) atoms. The van der Waals surface area contributed by atoms with Crippen LogP contribution in [0.15, 0.2) is 0 Å². The third-order valence-corrected chi connectivity index (χ3v) is 6.27. The Morgan fingerprint density at radius 3 is 2.26 bits per heavy atom. The second-order valence-electron chi connectivity index (χ2n) is 6.79. The maximum atomic E-state index is 4.74. The molecule has 0 bridgehead atoms. The lowest BCUT2D eigenvalue weighted by molar-refractivity contribution is 0.525. The van der Waals surface area contributed by atoms with Gasteiger partial charge in [0.25, 0.3) is 0 Å². The van der Waals surface area contributed by atoms with Gasteiger partial charge in [-0.2, -0.15) is 11.8 Å². The maximum Gasteiger partial charge on any atom is 0.0985 e. The van der Waals surface area contributed by atoms with Crippen LogP contribution in [0.2, 0.25) is 0 Å². The normalized spacial score (nSPS) is 14.7. The second kappa shape index (κ2) is 6.15.